The van der Waals surface area contributed by atoms with Crippen molar-refractivity contribution in [1.82, 2.24) is 5.32 Å². The molecule has 1 unspecified atom stereocenters. The summed E-state index contributed by atoms with van der Waals surface area (Å²) < 4.78 is 11.3. The van der Waals surface area contributed by atoms with Crippen LogP contribution < -0.4 is 19.7 Å². The molecule has 3 rings (SSSR count). The number of piperazine rings is 1. The first-order valence-electron chi connectivity index (χ1n) is 5.97. The number of nitrogens with one attached hydrogen (secondary N) is 1. The van der Waals surface area contributed by atoms with Crippen molar-refractivity contribution in [3.05, 3.63) is 17.2 Å². The van der Waals surface area contributed by atoms with Crippen LogP contribution in [0.1, 0.15) is 0 Å². The minimum absolute atomic E-state index is 0.343. The van der Waals surface area contributed by atoms with Crippen molar-refractivity contribution < 1.29 is 9.47 Å². The number of halogens is 2. The number of benzene rings is 1. The van der Waals surface area contributed by atoms with Crippen LogP contribution in [0.4, 0.5) is 5.69 Å². The molecular formula is C12H14Cl2N2O2. The largest absolute Gasteiger partial charge is 0.484 e. The molecule has 1 aromatic rings. The van der Waals surface area contributed by atoms with Crippen molar-refractivity contribution in [2.24, 2.45) is 0 Å². The topological polar surface area (TPSA) is 33.7 Å². The monoisotopic (exact) mass is 288 g/mol. The maximum atomic E-state index is 6.13. The van der Waals surface area contributed by atoms with Gasteiger partial charge in [0.25, 0.3) is 0 Å². The summed E-state index contributed by atoms with van der Waals surface area (Å²) in [6.45, 7) is 4.08. The fourth-order valence-electron chi connectivity index (χ4n) is 2.24. The van der Waals surface area contributed by atoms with Gasteiger partial charge in [-0.25, -0.2) is 0 Å². The zero-order valence-corrected chi connectivity index (χ0v) is 11.3. The van der Waals surface area contributed by atoms with Crippen LogP contribution in [-0.4, -0.2) is 38.3 Å². The lowest BCUT2D eigenvalue weighted by atomic mass is 10.2. The molecule has 0 saturated carbocycles. The Kier molecular flexibility index (Phi) is 3.41. The van der Waals surface area contributed by atoms with Crippen LogP contribution in [0.3, 0.4) is 0 Å². The van der Waals surface area contributed by atoms with Gasteiger partial charge in [0, 0.05) is 37.3 Å². The number of fused-ring (bicyclic) bond motifs is 1. The second kappa shape index (κ2) is 5.03. The molecule has 1 fully saturated rings. The van der Waals surface area contributed by atoms with Gasteiger partial charge in [0.05, 0.1) is 5.69 Å². The Morgan fingerprint density at radius 3 is 2.83 bits per heavy atom. The lowest BCUT2D eigenvalue weighted by molar-refractivity contribution is 0.144. The first-order valence-corrected chi connectivity index (χ1v) is 6.78. The third-order valence-electron chi connectivity index (χ3n) is 3.07. The quantitative estimate of drug-likeness (QED) is 0.803. The van der Waals surface area contributed by atoms with Crippen molar-refractivity contribution in [3.63, 3.8) is 0 Å². The van der Waals surface area contributed by atoms with Gasteiger partial charge in [-0.1, -0.05) is 23.2 Å². The van der Waals surface area contributed by atoms with Crippen LogP contribution in [-0.2, 0) is 0 Å². The van der Waals surface area contributed by atoms with Gasteiger partial charge >= 0.3 is 0 Å². The van der Waals surface area contributed by atoms with Gasteiger partial charge in [0.2, 0.25) is 5.56 Å². The average molecular weight is 289 g/mol. The molecule has 0 bridgehead atoms. The molecule has 98 valence electrons. The molecule has 1 aromatic carbocycles. The Morgan fingerprint density at radius 2 is 2.06 bits per heavy atom. The summed E-state index contributed by atoms with van der Waals surface area (Å²) in [5.41, 5.74) is 0.518. The highest BCUT2D eigenvalue weighted by atomic mass is 35.5. The molecular weight excluding hydrogens is 275 g/mol. The summed E-state index contributed by atoms with van der Waals surface area (Å²) >= 11 is 12.1. The first kappa shape index (κ1) is 12.2. The van der Waals surface area contributed by atoms with E-state index in [0.29, 0.717) is 23.1 Å². The molecule has 18 heavy (non-hydrogen) atoms. The number of nitrogens with zero attached hydrogens (tertiary/aromatic N) is 1. The summed E-state index contributed by atoms with van der Waals surface area (Å²) in [5, 5.41) is 3.97. The van der Waals surface area contributed by atoms with E-state index in [1.165, 1.54) is 0 Å². The second-order valence-electron chi connectivity index (χ2n) is 4.33. The van der Waals surface area contributed by atoms with Crippen molar-refractivity contribution in [1.29, 1.82) is 0 Å². The maximum Gasteiger partial charge on any atom is 0.206 e. The fraction of sp³-hybridized carbons (Fsp3) is 0.500. The third-order valence-corrected chi connectivity index (χ3v) is 3.51. The van der Waals surface area contributed by atoms with Gasteiger partial charge in [0.1, 0.15) is 6.61 Å². The standard InChI is InChI=1S/C12H14Cl2N2O2/c13-8-5-9(16-3-1-15-2-4-16)12-10(6-8)17-7-11(14)18-12/h5-6,11,15H,1-4,7H2. The van der Waals surface area contributed by atoms with Crippen LogP contribution in [0.2, 0.25) is 5.02 Å². The van der Waals surface area contributed by atoms with E-state index in [9.17, 15) is 0 Å². The van der Waals surface area contributed by atoms with Gasteiger partial charge in [0.15, 0.2) is 11.5 Å². The highest BCUT2D eigenvalue weighted by Crippen LogP contribution is 2.43. The maximum absolute atomic E-state index is 6.13. The zero-order chi connectivity index (χ0) is 12.5. The lowest BCUT2D eigenvalue weighted by Gasteiger charge is -2.33. The summed E-state index contributed by atoms with van der Waals surface area (Å²) in [5.74, 6) is 1.38. The number of hydrogen-bond donors (Lipinski definition) is 1. The molecule has 2 aliphatic rings. The average Bonchev–Trinajstić information content (AvgIpc) is 2.39. The van der Waals surface area contributed by atoms with Crippen LogP contribution in [0.15, 0.2) is 12.1 Å². The third kappa shape index (κ3) is 2.32. The smallest absolute Gasteiger partial charge is 0.206 e. The van der Waals surface area contributed by atoms with Crippen molar-refractivity contribution in [2.45, 2.75) is 5.56 Å². The van der Waals surface area contributed by atoms with Crippen molar-refractivity contribution in [2.75, 3.05) is 37.7 Å². The van der Waals surface area contributed by atoms with Crippen LogP contribution in [0.5, 0.6) is 11.5 Å². The predicted octanol–water partition coefficient (Wildman–Crippen LogP) is 2.09. The minimum Gasteiger partial charge on any atom is -0.484 e. The fourth-order valence-corrected chi connectivity index (χ4v) is 2.59. The van der Waals surface area contributed by atoms with Gasteiger partial charge < -0.3 is 19.7 Å². The van der Waals surface area contributed by atoms with E-state index in [4.69, 9.17) is 32.7 Å². The normalized spacial score (nSPS) is 23.0. The lowest BCUT2D eigenvalue weighted by Crippen LogP contribution is -2.44. The Labute approximate surface area is 116 Å². The molecule has 0 amide bonds. The van der Waals surface area contributed by atoms with Gasteiger partial charge in [-0.15, -0.1) is 0 Å². The van der Waals surface area contributed by atoms with E-state index in [2.05, 4.69) is 10.2 Å². The number of hydrogen-bond acceptors (Lipinski definition) is 4. The summed E-state index contributed by atoms with van der Waals surface area (Å²) in [4.78, 5) is 2.24. The number of alkyl halides is 1. The Balaban J connectivity index is 1.99. The Hall–Kier alpha value is -0.840. The predicted molar refractivity (Wildman–Crippen MR) is 72.3 cm³/mol. The highest BCUT2D eigenvalue weighted by Gasteiger charge is 2.26. The summed E-state index contributed by atoms with van der Waals surface area (Å²) in [6, 6.07) is 3.68. The van der Waals surface area contributed by atoms with Crippen molar-refractivity contribution in [3.8, 4) is 11.5 Å². The van der Waals surface area contributed by atoms with Gasteiger partial charge in [-0.3, -0.25) is 0 Å². The van der Waals surface area contributed by atoms with Crippen molar-refractivity contribution >= 4 is 28.9 Å². The van der Waals surface area contributed by atoms with E-state index in [0.717, 1.165) is 31.9 Å². The zero-order valence-electron chi connectivity index (χ0n) is 9.79. The number of ether oxygens (including phenoxy) is 2. The Morgan fingerprint density at radius 1 is 1.28 bits per heavy atom. The number of anilines is 1. The van der Waals surface area contributed by atoms with E-state index in [1.807, 2.05) is 6.07 Å². The highest BCUT2D eigenvalue weighted by molar-refractivity contribution is 6.31. The summed E-state index contributed by atoms with van der Waals surface area (Å²) in [7, 11) is 0. The molecule has 2 heterocycles. The number of rotatable bonds is 1. The molecule has 0 spiro atoms. The van der Waals surface area contributed by atoms with Gasteiger partial charge in [-0.2, -0.15) is 0 Å². The first-order chi connectivity index (χ1) is 8.74. The van der Waals surface area contributed by atoms with E-state index >= 15 is 0 Å². The molecule has 1 saturated heterocycles. The molecule has 0 aromatic heterocycles. The second-order valence-corrected chi connectivity index (χ2v) is 5.25. The molecule has 2 aliphatic heterocycles. The minimum atomic E-state index is -0.444. The van der Waals surface area contributed by atoms with Crippen LogP contribution >= 0.6 is 23.2 Å². The molecule has 6 heteroatoms. The van der Waals surface area contributed by atoms with Crippen LogP contribution in [0, 0.1) is 0 Å². The molecule has 1 N–H and O–H groups in total. The molecule has 0 aliphatic carbocycles. The molecule has 4 nitrogen and oxygen atoms in total. The van der Waals surface area contributed by atoms with E-state index < -0.39 is 5.56 Å². The Bertz CT molecular complexity index is 450. The van der Waals surface area contributed by atoms with E-state index in [-0.39, 0.29) is 0 Å². The van der Waals surface area contributed by atoms with E-state index in [1.54, 1.807) is 6.07 Å². The molecule has 0 radical (unpaired) electrons. The summed E-state index contributed by atoms with van der Waals surface area (Å²) in [6.07, 6.45) is 0. The van der Waals surface area contributed by atoms with Gasteiger partial charge in [-0.05, 0) is 6.07 Å². The SMILES string of the molecule is Clc1cc2c(c(N3CCNCC3)c1)OC(Cl)CO2. The van der Waals surface area contributed by atoms with Crippen LogP contribution in [0.25, 0.3) is 0 Å². The molecule has 1 atom stereocenters.